The Morgan fingerprint density at radius 1 is 1.40 bits per heavy atom. The maximum atomic E-state index is 11.7. The molecule has 1 aromatic heterocycles. The quantitative estimate of drug-likeness (QED) is 0.849. The maximum absolute atomic E-state index is 11.7. The summed E-state index contributed by atoms with van der Waals surface area (Å²) in [7, 11) is 0. The highest BCUT2D eigenvalue weighted by Gasteiger charge is 2.30. The Morgan fingerprint density at radius 3 is 2.95 bits per heavy atom. The molecule has 1 saturated heterocycles. The number of urea groups is 1. The molecule has 1 aliphatic carbocycles. The van der Waals surface area contributed by atoms with Crippen molar-refractivity contribution >= 4 is 6.03 Å². The van der Waals surface area contributed by atoms with Crippen LogP contribution < -0.4 is 10.6 Å². The molecular weight excluding hydrogens is 260 g/mol. The molecule has 1 saturated carbocycles. The van der Waals surface area contributed by atoms with Crippen LogP contribution in [0, 0.1) is 0 Å². The molecule has 0 unspecified atom stereocenters. The Bertz CT molecular complexity index is 478. The fourth-order valence-electron chi connectivity index (χ4n) is 2.30. The third-order valence-electron chi connectivity index (χ3n) is 3.73. The topological polar surface area (TPSA) is 89.3 Å². The van der Waals surface area contributed by atoms with E-state index in [1.54, 1.807) is 0 Å². The highest BCUT2D eigenvalue weighted by atomic mass is 16.5. The van der Waals surface area contributed by atoms with Gasteiger partial charge in [-0.15, -0.1) is 10.2 Å². The predicted molar refractivity (Wildman–Crippen MR) is 70.1 cm³/mol. The van der Waals surface area contributed by atoms with Crippen molar-refractivity contribution in [2.24, 2.45) is 0 Å². The van der Waals surface area contributed by atoms with Gasteiger partial charge in [0.15, 0.2) is 0 Å². The van der Waals surface area contributed by atoms with Crippen LogP contribution in [0.15, 0.2) is 4.42 Å². The lowest BCUT2D eigenvalue weighted by Crippen LogP contribution is -2.44. The van der Waals surface area contributed by atoms with Crippen LogP contribution in [0.4, 0.5) is 4.79 Å². The number of carbonyl (C=O) groups excluding carboxylic acids is 1. The molecule has 2 aliphatic rings. The van der Waals surface area contributed by atoms with Crippen molar-refractivity contribution in [3.05, 3.63) is 11.8 Å². The van der Waals surface area contributed by atoms with Gasteiger partial charge in [0.2, 0.25) is 11.8 Å². The van der Waals surface area contributed by atoms with E-state index in [9.17, 15) is 4.79 Å². The second kappa shape index (κ2) is 5.40. The average molecular weight is 280 g/mol. The Balaban J connectivity index is 1.39. The van der Waals surface area contributed by atoms with Gasteiger partial charge in [-0.2, -0.15) is 0 Å². The minimum atomic E-state index is -0.243. The number of ether oxygens (including phenoxy) is 1. The second-order valence-corrected chi connectivity index (χ2v) is 5.75. The van der Waals surface area contributed by atoms with Gasteiger partial charge in [-0.25, -0.2) is 4.79 Å². The summed E-state index contributed by atoms with van der Waals surface area (Å²) in [4.78, 5) is 11.7. The molecule has 20 heavy (non-hydrogen) atoms. The summed E-state index contributed by atoms with van der Waals surface area (Å²) in [6.07, 6.45) is 4.26. The molecular formula is C13H20N4O3. The van der Waals surface area contributed by atoms with Crippen molar-refractivity contribution in [2.45, 2.75) is 50.7 Å². The van der Waals surface area contributed by atoms with Crippen molar-refractivity contribution < 1.29 is 13.9 Å². The van der Waals surface area contributed by atoms with Gasteiger partial charge in [0.25, 0.3) is 0 Å². The smallest absolute Gasteiger partial charge is 0.315 e. The number of hydrogen-bond donors (Lipinski definition) is 2. The molecule has 2 N–H and O–H groups in total. The minimum Gasteiger partial charge on any atom is -0.423 e. The number of nitrogens with zero attached hydrogens (tertiary/aromatic N) is 2. The van der Waals surface area contributed by atoms with E-state index in [4.69, 9.17) is 9.15 Å². The predicted octanol–water partition coefficient (Wildman–Crippen LogP) is 1.32. The normalized spacial score (nSPS) is 25.6. The summed E-state index contributed by atoms with van der Waals surface area (Å²) >= 11 is 0. The molecule has 1 atom stereocenters. The monoisotopic (exact) mass is 280 g/mol. The number of carbonyl (C=O) groups is 1. The summed E-state index contributed by atoms with van der Waals surface area (Å²) in [6.45, 7) is 3.55. The highest BCUT2D eigenvalue weighted by molar-refractivity contribution is 5.73. The Labute approximate surface area is 117 Å². The van der Waals surface area contributed by atoms with Gasteiger partial charge in [0.1, 0.15) is 0 Å². The van der Waals surface area contributed by atoms with Gasteiger partial charge in [0, 0.05) is 19.1 Å². The molecule has 1 aliphatic heterocycles. The van der Waals surface area contributed by atoms with E-state index in [2.05, 4.69) is 20.8 Å². The van der Waals surface area contributed by atoms with E-state index in [1.165, 1.54) is 0 Å². The standard InChI is InChI=1S/C13H20N4O3/c1-13(5-2-6-19-13)8-15-12(18)14-7-10-16-17-11(20-10)9-3-4-9/h9H,2-8H2,1H3,(H2,14,15,18)/t13-/m1/s1. The number of rotatable bonds is 5. The molecule has 0 aromatic carbocycles. The number of amides is 2. The molecule has 3 rings (SSSR count). The van der Waals surface area contributed by atoms with Crippen molar-refractivity contribution in [2.75, 3.05) is 13.2 Å². The summed E-state index contributed by atoms with van der Waals surface area (Å²) in [5.41, 5.74) is -0.235. The van der Waals surface area contributed by atoms with Gasteiger partial charge in [-0.05, 0) is 32.6 Å². The molecule has 0 spiro atoms. The fourth-order valence-corrected chi connectivity index (χ4v) is 2.30. The first kappa shape index (κ1) is 13.4. The van der Waals surface area contributed by atoms with Crippen molar-refractivity contribution in [1.29, 1.82) is 0 Å². The van der Waals surface area contributed by atoms with Gasteiger partial charge in [-0.1, -0.05) is 0 Å². The van der Waals surface area contributed by atoms with E-state index in [0.29, 0.717) is 24.2 Å². The minimum absolute atomic E-state index is 0.235. The SMILES string of the molecule is C[C@]1(CNC(=O)NCc2nnc(C3CC3)o2)CCCO1. The molecule has 2 fully saturated rings. The molecule has 0 bridgehead atoms. The van der Waals surface area contributed by atoms with Crippen LogP contribution in [-0.2, 0) is 11.3 Å². The Hall–Kier alpha value is -1.63. The summed E-state index contributed by atoms with van der Waals surface area (Å²) in [5, 5.41) is 13.4. The fraction of sp³-hybridized carbons (Fsp3) is 0.769. The van der Waals surface area contributed by atoms with Gasteiger partial charge in [0.05, 0.1) is 12.1 Å². The molecule has 110 valence electrons. The van der Waals surface area contributed by atoms with E-state index >= 15 is 0 Å². The van der Waals surface area contributed by atoms with Crippen LogP contribution in [0.3, 0.4) is 0 Å². The lowest BCUT2D eigenvalue weighted by atomic mass is 10.0. The van der Waals surface area contributed by atoms with Gasteiger partial charge in [-0.3, -0.25) is 0 Å². The van der Waals surface area contributed by atoms with Crippen LogP contribution in [0.2, 0.25) is 0 Å². The second-order valence-electron chi connectivity index (χ2n) is 5.75. The number of nitrogens with one attached hydrogen (secondary N) is 2. The van der Waals surface area contributed by atoms with Gasteiger partial charge < -0.3 is 19.8 Å². The molecule has 2 amide bonds. The molecule has 0 radical (unpaired) electrons. The first-order chi connectivity index (χ1) is 9.65. The molecule has 7 nitrogen and oxygen atoms in total. The molecule has 7 heteroatoms. The highest BCUT2D eigenvalue weighted by Crippen LogP contribution is 2.38. The Kier molecular flexibility index (Phi) is 3.60. The van der Waals surface area contributed by atoms with Crippen LogP contribution in [-0.4, -0.2) is 35.0 Å². The summed E-state index contributed by atoms with van der Waals surface area (Å²) in [5.74, 6) is 1.57. The largest absolute Gasteiger partial charge is 0.423 e. The van der Waals surface area contributed by atoms with Crippen molar-refractivity contribution in [3.63, 3.8) is 0 Å². The third kappa shape index (κ3) is 3.27. The zero-order chi connectivity index (χ0) is 14.0. The maximum Gasteiger partial charge on any atom is 0.315 e. The number of hydrogen-bond acceptors (Lipinski definition) is 5. The van der Waals surface area contributed by atoms with E-state index < -0.39 is 0 Å². The summed E-state index contributed by atoms with van der Waals surface area (Å²) < 4.78 is 11.1. The van der Waals surface area contributed by atoms with E-state index in [-0.39, 0.29) is 18.2 Å². The first-order valence-electron chi connectivity index (χ1n) is 7.13. The number of aromatic nitrogens is 2. The lowest BCUT2D eigenvalue weighted by molar-refractivity contribution is 0.0229. The van der Waals surface area contributed by atoms with Crippen LogP contribution in [0.5, 0.6) is 0 Å². The van der Waals surface area contributed by atoms with Crippen molar-refractivity contribution in [1.82, 2.24) is 20.8 Å². The zero-order valence-electron chi connectivity index (χ0n) is 11.6. The molecule has 2 heterocycles. The van der Waals surface area contributed by atoms with Crippen LogP contribution >= 0.6 is 0 Å². The Morgan fingerprint density at radius 2 is 2.25 bits per heavy atom. The lowest BCUT2D eigenvalue weighted by Gasteiger charge is -2.23. The summed E-state index contributed by atoms with van der Waals surface area (Å²) in [6, 6.07) is -0.243. The van der Waals surface area contributed by atoms with Crippen LogP contribution in [0.25, 0.3) is 0 Å². The zero-order valence-corrected chi connectivity index (χ0v) is 11.6. The van der Waals surface area contributed by atoms with E-state index in [0.717, 1.165) is 32.3 Å². The third-order valence-corrected chi connectivity index (χ3v) is 3.73. The first-order valence-corrected chi connectivity index (χ1v) is 7.13. The van der Waals surface area contributed by atoms with Gasteiger partial charge >= 0.3 is 6.03 Å². The van der Waals surface area contributed by atoms with Crippen molar-refractivity contribution in [3.8, 4) is 0 Å². The molecule has 1 aromatic rings. The average Bonchev–Trinajstić information content (AvgIpc) is 3.02. The van der Waals surface area contributed by atoms with Crippen LogP contribution in [0.1, 0.15) is 50.3 Å². The van der Waals surface area contributed by atoms with E-state index in [1.807, 2.05) is 6.92 Å².